The first kappa shape index (κ1) is 40.9. The number of ether oxygens (including phenoxy) is 1. The van der Waals surface area contributed by atoms with Crippen LogP contribution in [0.3, 0.4) is 0 Å². The molecule has 0 aromatic heterocycles. The summed E-state index contributed by atoms with van der Waals surface area (Å²) in [5.41, 5.74) is 0. The van der Waals surface area contributed by atoms with Crippen LogP contribution in [0.2, 0.25) is 0 Å². The van der Waals surface area contributed by atoms with Gasteiger partial charge in [0.05, 0.1) is 6.10 Å². The monoisotopic (exact) mass is 622 g/mol. The molecule has 44 heavy (non-hydrogen) atoms. The molecule has 0 aromatic rings. The van der Waals surface area contributed by atoms with E-state index in [-0.39, 0.29) is 18.2 Å². The molecule has 0 saturated carbocycles. The van der Waals surface area contributed by atoms with E-state index in [0.717, 1.165) is 38.9 Å². The Balaban J connectivity index is 2.23. The number of rotatable bonds is 33. The molecule has 1 rings (SSSR count). The van der Waals surface area contributed by atoms with Gasteiger partial charge in [-0.05, 0) is 19.3 Å². The van der Waals surface area contributed by atoms with E-state index in [1.807, 2.05) is 7.05 Å². The van der Waals surface area contributed by atoms with Crippen molar-refractivity contribution in [1.82, 2.24) is 15.1 Å². The maximum absolute atomic E-state index is 13.2. The van der Waals surface area contributed by atoms with Gasteiger partial charge >= 0.3 is 0 Å². The summed E-state index contributed by atoms with van der Waals surface area (Å²) in [5.74, 6) is 0.383. The summed E-state index contributed by atoms with van der Waals surface area (Å²) < 4.78 is 5.76. The Labute approximate surface area is 274 Å². The molecule has 1 saturated heterocycles. The van der Waals surface area contributed by atoms with Crippen LogP contribution in [0, 0.1) is 0 Å². The molecule has 6 nitrogen and oxygen atoms in total. The highest BCUT2D eigenvalue weighted by Crippen LogP contribution is 2.24. The van der Waals surface area contributed by atoms with Crippen molar-refractivity contribution in [2.45, 2.75) is 200 Å². The van der Waals surface area contributed by atoms with Crippen LogP contribution in [0.5, 0.6) is 0 Å². The Bertz CT molecular complexity index is 646. The van der Waals surface area contributed by atoms with Gasteiger partial charge in [0.1, 0.15) is 6.23 Å². The third-order valence-electron chi connectivity index (χ3n) is 9.47. The molecular formula is C38H75N3O3. The van der Waals surface area contributed by atoms with Crippen LogP contribution in [-0.2, 0) is 14.3 Å². The number of carbonyl (C=O) groups is 2. The molecule has 2 unspecified atom stereocenters. The fourth-order valence-electron chi connectivity index (χ4n) is 6.15. The molecule has 0 bridgehead atoms. The van der Waals surface area contributed by atoms with E-state index in [9.17, 15) is 9.59 Å². The first-order valence-corrected chi connectivity index (χ1v) is 19.4. The summed E-state index contributed by atoms with van der Waals surface area (Å²) in [5, 5.41) is 3.36. The lowest BCUT2D eigenvalue weighted by Gasteiger charge is -2.23. The van der Waals surface area contributed by atoms with Crippen molar-refractivity contribution < 1.29 is 14.3 Å². The molecule has 1 fully saturated rings. The second kappa shape index (κ2) is 29.3. The van der Waals surface area contributed by atoms with Gasteiger partial charge in [-0.3, -0.25) is 14.9 Å². The Morgan fingerprint density at radius 1 is 0.591 bits per heavy atom. The van der Waals surface area contributed by atoms with Crippen LogP contribution < -0.4 is 5.32 Å². The van der Waals surface area contributed by atoms with Crippen molar-refractivity contribution in [2.24, 2.45) is 0 Å². The molecule has 6 heteroatoms. The van der Waals surface area contributed by atoms with Gasteiger partial charge in [0.25, 0.3) is 0 Å². The first-order valence-electron chi connectivity index (χ1n) is 19.4. The molecule has 0 aromatic carbocycles. The molecule has 1 N–H and O–H groups in total. The van der Waals surface area contributed by atoms with Crippen molar-refractivity contribution in [2.75, 3.05) is 33.2 Å². The average Bonchev–Trinajstić information content (AvgIpc) is 3.77. The fourth-order valence-corrected chi connectivity index (χ4v) is 6.15. The summed E-state index contributed by atoms with van der Waals surface area (Å²) >= 11 is 0. The number of nitrogens with one attached hydrogen (secondary N) is 1. The van der Waals surface area contributed by atoms with E-state index in [1.165, 1.54) is 141 Å². The Kier molecular flexibility index (Phi) is 27.2. The third kappa shape index (κ3) is 24.1. The van der Waals surface area contributed by atoms with Gasteiger partial charge in [-0.2, -0.15) is 0 Å². The normalized spacial score (nSPS) is 15.9. The van der Waals surface area contributed by atoms with Gasteiger partial charge in [0.15, 0.2) is 0 Å². The highest BCUT2D eigenvalue weighted by atomic mass is 16.6. The van der Waals surface area contributed by atoms with Gasteiger partial charge in [0.2, 0.25) is 11.8 Å². The van der Waals surface area contributed by atoms with Gasteiger partial charge in [-0.15, -0.1) is 0 Å². The zero-order chi connectivity index (χ0) is 32.1. The number of epoxide rings is 1. The molecule has 0 spiro atoms. The second-order valence-corrected chi connectivity index (χ2v) is 13.7. The maximum Gasteiger partial charge on any atom is 0.222 e. The number of hydrogen-bond acceptors (Lipinski definition) is 4. The standard InChI is InChI=1S/C38H75N3O3/c1-5-7-9-11-13-15-17-19-21-23-25-27-32-41(33-28-26-24-22-20-18-16-14-12-10-8-6-2)37(43)30-29-36-38(44-36)39-31-34-40(4)35(3)42/h36,38-39H,5-34H2,1-4H3. The zero-order valence-electron chi connectivity index (χ0n) is 30.0. The SMILES string of the molecule is CCCCCCCCCCCCCCN(CCCCCCCCCCCCCC)C(=O)CCC1OC1NCCN(C)C(C)=O. The van der Waals surface area contributed by atoms with Gasteiger partial charge in [-0.1, -0.05) is 155 Å². The van der Waals surface area contributed by atoms with Crippen molar-refractivity contribution in [3.8, 4) is 0 Å². The largest absolute Gasteiger partial charge is 0.353 e. The minimum Gasteiger partial charge on any atom is -0.353 e. The minimum absolute atomic E-state index is 0.0317. The van der Waals surface area contributed by atoms with Crippen molar-refractivity contribution >= 4 is 11.8 Å². The molecular weight excluding hydrogens is 546 g/mol. The average molecular weight is 622 g/mol. The molecule has 1 heterocycles. The molecule has 2 amide bonds. The number of hydrogen-bond donors (Lipinski definition) is 1. The third-order valence-corrected chi connectivity index (χ3v) is 9.47. The van der Waals surface area contributed by atoms with Gasteiger partial charge < -0.3 is 14.5 Å². The summed E-state index contributed by atoms with van der Waals surface area (Å²) in [6, 6.07) is 0. The minimum atomic E-state index is 0.0317. The maximum atomic E-state index is 13.2. The van der Waals surface area contributed by atoms with Crippen LogP contribution in [0.15, 0.2) is 0 Å². The van der Waals surface area contributed by atoms with Crippen molar-refractivity contribution in [3.05, 3.63) is 0 Å². The molecule has 0 aliphatic carbocycles. The lowest BCUT2D eigenvalue weighted by Crippen LogP contribution is -2.34. The number of likely N-dealkylation sites (N-methyl/N-ethyl adjacent to an activating group) is 1. The van der Waals surface area contributed by atoms with Crippen molar-refractivity contribution in [1.29, 1.82) is 0 Å². The van der Waals surface area contributed by atoms with E-state index in [4.69, 9.17) is 4.74 Å². The van der Waals surface area contributed by atoms with E-state index in [2.05, 4.69) is 24.1 Å². The van der Waals surface area contributed by atoms with E-state index >= 15 is 0 Å². The van der Waals surface area contributed by atoms with E-state index in [1.54, 1.807) is 11.8 Å². The first-order chi connectivity index (χ1) is 21.5. The molecule has 260 valence electrons. The lowest BCUT2D eigenvalue weighted by atomic mass is 10.0. The Morgan fingerprint density at radius 2 is 0.977 bits per heavy atom. The van der Waals surface area contributed by atoms with E-state index < -0.39 is 0 Å². The topological polar surface area (TPSA) is 65.2 Å². The van der Waals surface area contributed by atoms with Crippen LogP contribution in [0.4, 0.5) is 0 Å². The summed E-state index contributed by atoms with van der Waals surface area (Å²) in [4.78, 5) is 28.5. The number of amides is 2. The molecule has 2 atom stereocenters. The summed E-state index contributed by atoms with van der Waals surface area (Å²) in [6.45, 7) is 9.38. The number of nitrogens with zero attached hydrogens (tertiary/aromatic N) is 2. The lowest BCUT2D eigenvalue weighted by molar-refractivity contribution is -0.131. The predicted molar refractivity (Wildman–Crippen MR) is 188 cm³/mol. The quantitative estimate of drug-likeness (QED) is 0.0585. The van der Waals surface area contributed by atoms with Crippen LogP contribution in [0.1, 0.15) is 188 Å². The highest BCUT2D eigenvalue weighted by molar-refractivity contribution is 5.76. The molecule has 1 aliphatic heterocycles. The molecule has 0 radical (unpaired) electrons. The highest BCUT2D eigenvalue weighted by Gasteiger charge is 2.38. The van der Waals surface area contributed by atoms with Crippen molar-refractivity contribution in [3.63, 3.8) is 0 Å². The second-order valence-electron chi connectivity index (χ2n) is 13.7. The van der Waals surface area contributed by atoms with Crippen LogP contribution >= 0.6 is 0 Å². The van der Waals surface area contributed by atoms with E-state index in [0.29, 0.717) is 18.9 Å². The summed E-state index contributed by atoms with van der Waals surface area (Å²) in [6.07, 6.45) is 33.8. The Hall–Kier alpha value is -1.14. The number of unbranched alkanes of at least 4 members (excludes halogenated alkanes) is 22. The molecule has 1 aliphatic rings. The zero-order valence-corrected chi connectivity index (χ0v) is 30.0. The van der Waals surface area contributed by atoms with Crippen LogP contribution in [0.25, 0.3) is 0 Å². The fraction of sp³-hybridized carbons (Fsp3) is 0.947. The smallest absolute Gasteiger partial charge is 0.222 e. The van der Waals surface area contributed by atoms with Crippen LogP contribution in [-0.4, -0.2) is 67.2 Å². The number of carbonyl (C=O) groups excluding carboxylic acids is 2. The van der Waals surface area contributed by atoms with Gasteiger partial charge in [-0.25, -0.2) is 0 Å². The predicted octanol–water partition coefficient (Wildman–Crippen LogP) is 9.79. The van der Waals surface area contributed by atoms with Gasteiger partial charge in [0, 0.05) is 46.6 Å². The summed E-state index contributed by atoms with van der Waals surface area (Å²) in [7, 11) is 1.81. The Morgan fingerprint density at radius 3 is 1.36 bits per heavy atom.